The van der Waals surface area contributed by atoms with Crippen LogP contribution in [-0.2, 0) is 12.6 Å². The standard InChI is InChI=1S/C14H12F3NOS/c15-14(16,17)9-3-5-12(18)11(8-9)13(19)6-4-10-2-1-7-20-10/h1-3,5,7-8H,4,6,18H2. The van der Waals surface area contributed by atoms with Gasteiger partial charge < -0.3 is 5.73 Å². The Morgan fingerprint density at radius 2 is 2.00 bits per heavy atom. The first-order valence-electron chi connectivity index (χ1n) is 5.90. The molecule has 0 amide bonds. The van der Waals surface area contributed by atoms with Crippen LogP contribution in [0.2, 0.25) is 0 Å². The third-order valence-electron chi connectivity index (χ3n) is 2.86. The van der Waals surface area contributed by atoms with Gasteiger partial charge in [-0.2, -0.15) is 13.2 Å². The highest BCUT2D eigenvalue weighted by molar-refractivity contribution is 7.09. The number of ketones is 1. The molecule has 20 heavy (non-hydrogen) atoms. The van der Waals surface area contributed by atoms with Crippen LogP contribution in [0.4, 0.5) is 18.9 Å². The number of anilines is 1. The molecule has 1 aromatic carbocycles. The van der Waals surface area contributed by atoms with Crippen molar-refractivity contribution in [3.8, 4) is 0 Å². The number of carbonyl (C=O) groups is 1. The first-order chi connectivity index (χ1) is 9.38. The lowest BCUT2D eigenvalue weighted by Crippen LogP contribution is -2.10. The van der Waals surface area contributed by atoms with Crippen LogP contribution in [0.5, 0.6) is 0 Å². The highest BCUT2D eigenvalue weighted by Gasteiger charge is 2.31. The minimum Gasteiger partial charge on any atom is -0.398 e. The normalized spacial score (nSPS) is 11.6. The van der Waals surface area contributed by atoms with Gasteiger partial charge in [0.2, 0.25) is 0 Å². The minimum absolute atomic E-state index is 0.0589. The Kier molecular flexibility index (Phi) is 4.13. The molecular formula is C14H12F3NOS. The molecule has 0 aliphatic carbocycles. The summed E-state index contributed by atoms with van der Waals surface area (Å²) < 4.78 is 37.9. The average molecular weight is 299 g/mol. The first-order valence-corrected chi connectivity index (χ1v) is 6.78. The number of nitrogen functional groups attached to an aromatic ring is 1. The molecule has 0 saturated heterocycles. The quantitative estimate of drug-likeness (QED) is 0.680. The number of aryl methyl sites for hydroxylation is 1. The van der Waals surface area contributed by atoms with Crippen molar-refractivity contribution in [3.63, 3.8) is 0 Å². The number of nitrogens with two attached hydrogens (primary N) is 1. The maximum absolute atomic E-state index is 12.6. The topological polar surface area (TPSA) is 43.1 Å². The van der Waals surface area contributed by atoms with Crippen molar-refractivity contribution in [2.45, 2.75) is 19.0 Å². The average Bonchev–Trinajstić information content (AvgIpc) is 2.88. The van der Waals surface area contributed by atoms with Crippen LogP contribution in [0, 0.1) is 0 Å². The Morgan fingerprint density at radius 3 is 2.60 bits per heavy atom. The van der Waals surface area contributed by atoms with Crippen molar-refractivity contribution in [1.29, 1.82) is 0 Å². The Balaban J connectivity index is 2.16. The predicted octanol–water partition coefficient (Wildman–Crippen LogP) is 4.16. The number of Topliss-reactive ketones (excluding diaryl/α,β-unsaturated/α-hetero) is 1. The van der Waals surface area contributed by atoms with Gasteiger partial charge in [0, 0.05) is 22.5 Å². The smallest absolute Gasteiger partial charge is 0.398 e. The summed E-state index contributed by atoms with van der Waals surface area (Å²) in [6.45, 7) is 0. The number of thiophene rings is 1. The molecule has 0 atom stereocenters. The van der Waals surface area contributed by atoms with Crippen molar-refractivity contribution in [1.82, 2.24) is 0 Å². The molecule has 0 unspecified atom stereocenters. The molecule has 6 heteroatoms. The van der Waals surface area contributed by atoms with Crippen LogP contribution in [0.25, 0.3) is 0 Å². The van der Waals surface area contributed by atoms with Gasteiger partial charge in [0.05, 0.1) is 5.56 Å². The van der Waals surface area contributed by atoms with E-state index in [1.165, 1.54) is 11.3 Å². The molecule has 0 spiro atoms. The number of benzene rings is 1. The molecule has 0 bridgehead atoms. The largest absolute Gasteiger partial charge is 0.416 e. The third kappa shape index (κ3) is 3.39. The molecule has 2 aromatic rings. The molecule has 0 aliphatic heterocycles. The maximum atomic E-state index is 12.6. The molecule has 2 nitrogen and oxygen atoms in total. The van der Waals surface area contributed by atoms with E-state index in [0.717, 1.165) is 23.1 Å². The Morgan fingerprint density at radius 1 is 1.25 bits per heavy atom. The van der Waals surface area contributed by atoms with E-state index in [9.17, 15) is 18.0 Å². The summed E-state index contributed by atoms with van der Waals surface area (Å²) in [5.41, 5.74) is 4.76. The van der Waals surface area contributed by atoms with E-state index in [1.807, 2.05) is 17.5 Å². The van der Waals surface area contributed by atoms with Crippen LogP contribution in [0.3, 0.4) is 0 Å². The van der Waals surface area contributed by atoms with Gasteiger partial charge in [0.1, 0.15) is 0 Å². The summed E-state index contributed by atoms with van der Waals surface area (Å²) in [4.78, 5) is 13.0. The second kappa shape index (κ2) is 5.66. The number of hydrogen-bond donors (Lipinski definition) is 1. The lowest BCUT2D eigenvalue weighted by molar-refractivity contribution is -0.137. The zero-order valence-corrected chi connectivity index (χ0v) is 11.2. The second-order valence-corrected chi connectivity index (χ2v) is 5.33. The lowest BCUT2D eigenvalue weighted by atomic mass is 10.0. The number of carbonyl (C=O) groups excluding carboxylic acids is 1. The van der Waals surface area contributed by atoms with Crippen molar-refractivity contribution in [3.05, 3.63) is 51.7 Å². The van der Waals surface area contributed by atoms with E-state index in [1.54, 1.807) is 0 Å². The highest BCUT2D eigenvalue weighted by atomic mass is 32.1. The number of alkyl halides is 3. The van der Waals surface area contributed by atoms with Gasteiger partial charge in [0.25, 0.3) is 0 Å². The molecular weight excluding hydrogens is 287 g/mol. The van der Waals surface area contributed by atoms with E-state index in [4.69, 9.17) is 5.73 Å². The highest BCUT2D eigenvalue weighted by Crippen LogP contribution is 2.31. The van der Waals surface area contributed by atoms with Crippen molar-refractivity contribution < 1.29 is 18.0 Å². The lowest BCUT2D eigenvalue weighted by Gasteiger charge is -2.10. The molecule has 0 aliphatic rings. The van der Waals surface area contributed by atoms with Crippen LogP contribution in [0.1, 0.15) is 27.2 Å². The molecule has 2 rings (SSSR count). The summed E-state index contributed by atoms with van der Waals surface area (Å²) in [6.07, 6.45) is -3.82. The van der Waals surface area contributed by atoms with Gasteiger partial charge in [0.15, 0.2) is 5.78 Å². The molecule has 1 heterocycles. The Hall–Kier alpha value is -1.82. The molecule has 1 aromatic heterocycles. The van der Waals surface area contributed by atoms with Crippen molar-refractivity contribution in [2.24, 2.45) is 0 Å². The zero-order chi connectivity index (χ0) is 14.8. The number of hydrogen-bond acceptors (Lipinski definition) is 3. The fraction of sp³-hybridized carbons (Fsp3) is 0.214. The molecule has 0 radical (unpaired) electrons. The third-order valence-corrected chi connectivity index (χ3v) is 3.80. The van der Waals surface area contributed by atoms with Gasteiger partial charge >= 0.3 is 6.18 Å². The molecule has 2 N–H and O–H groups in total. The summed E-state index contributed by atoms with van der Waals surface area (Å²) in [5, 5.41) is 1.89. The Labute approximate surface area is 118 Å². The van der Waals surface area contributed by atoms with Gasteiger partial charge in [-0.15, -0.1) is 11.3 Å². The van der Waals surface area contributed by atoms with Gasteiger partial charge in [-0.25, -0.2) is 0 Å². The summed E-state index contributed by atoms with van der Waals surface area (Å²) in [5.74, 6) is -0.373. The van der Waals surface area contributed by atoms with Gasteiger partial charge in [-0.1, -0.05) is 6.07 Å². The summed E-state index contributed by atoms with van der Waals surface area (Å²) >= 11 is 1.51. The fourth-order valence-electron chi connectivity index (χ4n) is 1.80. The van der Waals surface area contributed by atoms with E-state index >= 15 is 0 Å². The van der Waals surface area contributed by atoms with E-state index in [2.05, 4.69) is 0 Å². The predicted molar refractivity (Wildman–Crippen MR) is 72.8 cm³/mol. The summed E-state index contributed by atoms with van der Waals surface area (Å²) in [7, 11) is 0. The second-order valence-electron chi connectivity index (χ2n) is 4.30. The Bertz CT molecular complexity index is 605. The van der Waals surface area contributed by atoms with Crippen LogP contribution in [-0.4, -0.2) is 5.78 Å². The molecule has 106 valence electrons. The maximum Gasteiger partial charge on any atom is 0.416 e. The van der Waals surface area contributed by atoms with Crippen LogP contribution < -0.4 is 5.73 Å². The molecule has 0 saturated carbocycles. The van der Waals surface area contributed by atoms with Gasteiger partial charge in [-0.3, -0.25) is 4.79 Å². The van der Waals surface area contributed by atoms with E-state index < -0.39 is 11.7 Å². The van der Waals surface area contributed by atoms with Crippen molar-refractivity contribution in [2.75, 3.05) is 5.73 Å². The van der Waals surface area contributed by atoms with Crippen LogP contribution >= 0.6 is 11.3 Å². The summed E-state index contributed by atoms with van der Waals surface area (Å²) in [6, 6.07) is 6.58. The van der Waals surface area contributed by atoms with Gasteiger partial charge in [-0.05, 0) is 36.1 Å². The fourth-order valence-corrected chi connectivity index (χ4v) is 2.51. The monoisotopic (exact) mass is 299 g/mol. The SMILES string of the molecule is Nc1ccc(C(F)(F)F)cc1C(=O)CCc1cccs1. The van der Waals surface area contributed by atoms with E-state index in [-0.39, 0.29) is 23.5 Å². The number of halogens is 3. The van der Waals surface area contributed by atoms with E-state index in [0.29, 0.717) is 6.42 Å². The molecule has 0 fully saturated rings. The van der Waals surface area contributed by atoms with Crippen LogP contribution in [0.15, 0.2) is 35.7 Å². The minimum atomic E-state index is -4.48. The number of rotatable bonds is 4. The first kappa shape index (κ1) is 14.6. The van der Waals surface area contributed by atoms with Crippen molar-refractivity contribution >= 4 is 22.8 Å². The zero-order valence-electron chi connectivity index (χ0n) is 10.4.